The molecule has 1 aliphatic carbocycles. The molecule has 0 unspecified atom stereocenters. The summed E-state index contributed by atoms with van der Waals surface area (Å²) in [7, 11) is 0. The van der Waals surface area contributed by atoms with Gasteiger partial charge < -0.3 is 5.11 Å². The number of rotatable bonds is 4. The number of ketones is 1. The summed E-state index contributed by atoms with van der Waals surface area (Å²) in [5, 5.41) is 9.99. The van der Waals surface area contributed by atoms with E-state index < -0.39 is 6.10 Å². The third-order valence-corrected chi connectivity index (χ3v) is 3.63. The molecule has 0 spiro atoms. The van der Waals surface area contributed by atoms with Gasteiger partial charge in [0.1, 0.15) is 0 Å². The minimum Gasteiger partial charge on any atom is -0.389 e. The Morgan fingerprint density at radius 2 is 2.24 bits per heavy atom. The van der Waals surface area contributed by atoms with Gasteiger partial charge in [0.2, 0.25) is 0 Å². The Bertz CT molecular complexity index is 335. The zero-order chi connectivity index (χ0) is 13.0. The highest BCUT2D eigenvalue weighted by Crippen LogP contribution is 2.30. The maximum atomic E-state index is 11.6. The van der Waals surface area contributed by atoms with Gasteiger partial charge in [0.15, 0.2) is 5.78 Å². The van der Waals surface area contributed by atoms with Crippen molar-refractivity contribution in [2.45, 2.75) is 53.1 Å². The molecule has 0 aromatic carbocycles. The van der Waals surface area contributed by atoms with Gasteiger partial charge in [-0.05, 0) is 57.1 Å². The van der Waals surface area contributed by atoms with Crippen LogP contribution in [0.5, 0.6) is 0 Å². The van der Waals surface area contributed by atoms with Gasteiger partial charge in [-0.1, -0.05) is 18.6 Å². The van der Waals surface area contributed by atoms with E-state index in [0.29, 0.717) is 17.9 Å². The Hall–Kier alpha value is -0.890. The summed E-state index contributed by atoms with van der Waals surface area (Å²) < 4.78 is 0. The molecule has 96 valence electrons. The number of aliphatic hydroxyl groups excluding tert-OH is 1. The SMILES string of the molecule is CC(C)=CCC[C@@H](C)[C@H]1CC(=O)C(C)=C[C@H]1O. The molecule has 1 rings (SSSR count). The van der Waals surface area contributed by atoms with Crippen LogP contribution in [0.1, 0.15) is 47.0 Å². The quantitative estimate of drug-likeness (QED) is 0.761. The van der Waals surface area contributed by atoms with Crippen LogP contribution in [0.2, 0.25) is 0 Å². The minimum atomic E-state index is -0.450. The van der Waals surface area contributed by atoms with Crippen LogP contribution in [-0.2, 0) is 4.79 Å². The van der Waals surface area contributed by atoms with Crippen LogP contribution in [0, 0.1) is 11.8 Å². The molecular formula is C15H24O2. The van der Waals surface area contributed by atoms with Crippen molar-refractivity contribution in [3.63, 3.8) is 0 Å². The van der Waals surface area contributed by atoms with E-state index >= 15 is 0 Å². The van der Waals surface area contributed by atoms with Crippen molar-refractivity contribution in [2.24, 2.45) is 11.8 Å². The van der Waals surface area contributed by atoms with Crippen LogP contribution < -0.4 is 0 Å². The van der Waals surface area contributed by atoms with Crippen molar-refractivity contribution in [1.29, 1.82) is 0 Å². The summed E-state index contributed by atoms with van der Waals surface area (Å²) in [5.41, 5.74) is 2.04. The number of allylic oxidation sites excluding steroid dienone is 3. The minimum absolute atomic E-state index is 0.0942. The van der Waals surface area contributed by atoms with E-state index in [0.717, 1.165) is 12.8 Å². The highest BCUT2D eigenvalue weighted by atomic mass is 16.3. The molecule has 0 aromatic heterocycles. The molecular weight excluding hydrogens is 212 g/mol. The monoisotopic (exact) mass is 236 g/mol. The molecule has 17 heavy (non-hydrogen) atoms. The van der Waals surface area contributed by atoms with Crippen LogP contribution in [0.15, 0.2) is 23.3 Å². The second-order valence-corrected chi connectivity index (χ2v) is 5.47. The number of hydrogen-bond donors (Lipinski definition) is 1. The van der Waals surface area contributed by atoms with Crippen molar-refractivity contribution in [2.75, 3.05) is 0 Å². The van der Waals surface area contributed by atoms with E-state index in [2.05, 4.69) is 26.8 Å². The molecule has 2 nitrogen and oxygen atoms in total. The maximum absolute atomic E-state index is 11.6. The zero-order valence-electron chi connectivity index (χ0n) is 11.4. The van der Waals surface area contributed by atoms with E-state index in [4.69, 9.17) is 0 Å². The molecule has 1 N–H and O–H groups in total. The van der Waals surface area contributed by atoms with Gasteiger partial charge in [0, 0.05) is 6.42 Å². The Morgan fingerprint density at radius 3 is 2.82 bits per heavy atom. The van der Waals surface area contributed by atoms with Crippen molar-refractivity contribution in [3.8, 4) is 0 Å². The lowest BCUT2D eigenvalue weighted by atomic mass is 9.77. The first-order valence-electron chi connectivity index (χ1n) is 6.45. The topological polar surface area (TPSA) is 37.3 Å². The molecule has 0 aliphatic heterocycles. The number of Topliss-reactive ketones (excluding diaryl/α,β-unsaturated/α-hetero) is 1. The number of aliphatic hydroxyl groups is 1. The summed E-state index contributed by atoms with van der Waals surface area (Å²) >= 11 is 0. The van der Waals surface area contributed by atoms with Gasteiger partial charge in [0.05, 0.1) is 6.10 Å². The summed E-state index contributed by atoms with van der Waals surface area (Å²) in [6.45, 7) is 8.11. The molecule has 0 saturated heterocycles. The van der Waals surface area contributed by atoms with Gasteiger partial charge in [-0.15, -0.1) is 0 Å². The van der Waals surface area contributed by atoms with Crippen LogP contribution in [0.4, 0.5) is 0 Å². The molecule has 3 atom stereocenters. The number of carbonyl (C=O) groups is 1. The van der Waals surface area contributed by atoms with E-state index in [1.54, 1.807) is 13.0 Å². The van der Waals surface area contributed by atoms with E-state index in [9.17, 15) is 9.90 Å². The fraction of sp³-hybridized carbons (Fsp3) is 0.667. The fourth-order valence-corrected chi connectivity index (χ4v) is 2.36. The molecule has 0 saturated carbocycles. The Balaban J connectivity index is 2.55. The summed E-state index contributed by atoms with van der Waals surface area (Å²) in [6, 6.07) is 0. The predicted octanol–water partition coefficient (Wildman–Crippen LogP) is 3.27. The molecule has 0 aromatic rings. The molecule has 0 amide bonds. The van der Waals surface area contributed by atoms with Gasteiger partial charge in [-0.3, -0.25) is 4.79 Å². The van der Waals surface area contributed by atoms with Gasteiger partial charge >= 0.3 is 0 Å². The van der Waals surface area contributed by atoms with Crippen molar-refractivity contribution >= 4 is 5.78 Å². The molecule has 0 radical (unpaired) electrons. The standard InChI is InChI=1S/C15H24O2/c1-10(2)6-5-7-11(3)13-9-14(16)12(4)8-15(13)17/h6,8,11,13,15,17H,5,7,9H2,1-4H3/t11-,13-,15-/m1/s1. The second kappa shape index (κ2) is 6.15. The fourth-order valence-electron chi connectivity index (χ4n) is 2.36. The first-order valence-corrected chi connectivity index (χ1v) is 6.45. The second-order valence-electron chi connectivity index (χ2n) is 5.47. The van der Waals surface area contributed by atoms with E-state index in [1.165, 1.54) is 5.57 Å². The summed E-state index contributed by atoms with van der Waals surface area (Å²) in [4.78, 5) is 11.6. The normalized spacial score (nSPS) is 26.4. The van der Waals surface area contributed by atoms with Crippen LogP contribution >= 0.6 is 0 Å². The highest BCUT2D eigenvalue weighted by Gasteiger charge is 2.30. The first kappa shape index (κ1) is 14.2. The lowest BCUT2D eigenvalue weighted by Crippen LogP contribution is -2.32. The average Bonchev–Trinajstić information content (AvgIpc) is 2.22. The molecule has 0 fully saturated rings. The van der Waals surface area contributed by atoms with Crippen LogP contribution in [0.25, 0.3) is 0 Å². The van der Waals surface area contributed by atoms with Crippen LogP contribution in [0.3, 0.4) is 0 Å². The lowest BCUT2D eigenvalue weighted by Gasteiger charge is -2.30. The third-order valence-electron chi connectivity index (χ3n) is 3.63. The first-order chi connectivity index (χ1) is 7.91. The average molecular weight is 236 g/mol. The Kier molecular flexibility index (Phi) is 5.13. The number of hydrogen-bond acceptors (Lipinski definition) is 2. The van der Waals surface area contributed by atoms with Gasteiger partial charge in [-0.25, -0.2) is 0 Å². The van der Waals surface area contributed by atoms with Crippen molar-refractivity contribution < 1.29 is 9.90 Å². The molecule has 2 heteroatoms. The highest BCUT2D eigenvalue weighted by molar-refractivity contribution is 5.95. The van der Waals surface area contributed by atoms with Crippen molar-refractivity contribution in [1.82, 2.24) is 0 Å². The maximum Gasteiger partial charge on any atom is 0.158 e. The zero-order valence-corrected chi connectivity index (χ0v) is 11.4. The van der Waals surface area contributed by atoms with E-state index in [1.807, 2.05) is 0 Å². The summed E-state index contributed by atoms with van der Waals surface area (Å²) in [6.07, 6.45) is 6.05. The smallest absolute Gasteiger partial charge is 0.158 e. The molecule has 1 aliphatic rings. The Labute approximate surface area is 104 Å². The third kappa shape index (κ3) is 4.12. The molecule has 0 heterocycles. The predicted molar refractivity (Wildman–Crippen MR) is 70.7 cm³/mol. The largest absolute Gasteiger partial charge is 0.389 e. The molecule has 0 bridgehead atoms. The number of carbonyl (C=O) groups excluding carboxylic acids is 1. The van der Waals surface area contributed by atoms with Crippen LogP contribution in [-0.4, -0.2) is 17.0 Å². The van der Waals surface area contributed by atoms with Gasteiger partial charge in [0.25, 0.3) is 0 Å². The lowest BCUT2D eigenvalue weighted by molar-refractivity contribution is -0.118. The van der Waals surface area contributed by atoms with E-state index in [-0.39, 0.29) is 11.7 Å². The van der Waals surface area contributed by atoms with Gasteiger partial charge in [-0.2, -0.15) is 0 Å². The Morgan fingerprint density at radius 1 is 1.59 bits per heavy atom. The summed E-state index contributed by atoms with van der Waals surface area (Å²) in [5.74, 6) is 0.667. The van der Waals surface area contributed by atoms with Crippen molar-refractivity contribution in [3.05, 3.63) is 23.3 Å².